The molecule has 0 saturated heterocycles. The number of aromatic nitrogens is 5. The second-order valence-electron chi connectivity index (χ2n) is 3.34. The average Bonchev–Trinajstić information content (AvgIpc) is 3.08. The predicted molar refractivity (Wildman–Crippen MR) is 64.3 cm³/mol. The van der Waals surface area contributed by atoms with Gasteiger partial charge in [0, 0.05) is 24.3 Å². The van der Waals surface area contributed by atoms with Gasteiger partial charge in [0.05, 0.1) is 6.20 Å². The fourth-order valence-corrected chi connectivity index (χ4v) is 2.00. The van der Waals surface area contributed by atoms with Crippen LogP contribution < -0.4 is 5.73 Å². The van der Waals surface area contributed by atoms with Crippen LogP contribution in [0.4, 0.5) is 0 Å². The van der Waals surface area contributed by atoms with Crippen molar-refractivity contribution in [2.24, 2.45) is 5.73 Å². The first-order chi connectivity index (χ1) is 8.86. The maximum atomic E-state index is 5.50. The minimum Gasteiger partial charge on any atom is -0.332 e. The molecule has 90 valence electrons. The number of thiazole rings is 1. The fraction of sp³-hybridized carbons (Fsp3) is 0.100. The molecule has 0 unspecified atom stereocenters. The Labute approximate surface area is 106 Å². The molecule has 0 fully saturated rings. The van der Waals surface area contributed by atoms with Crippen molar-refractivity contribution in [2.45, 2.75) is 6.54 Å². The molecular formula is C10H8N6OS. The lowest BCUT2D eigenvalue weighted by atomic mass is 10.4. The van der Waals surface area contributed by atoms with Gasteiger partial charge in [0.15, 0.2) is 0 Å². The molecule has 7 nitrogen and oxygen atoms in total. The van der Waals surface area contributed by atoms with Crippen molar-refractivity contribution in [3.05, 3.63) is 29.0 Å². The molecule has 0 aliphatic rings. The Bertz CT molecular complexity index is 649. The monoisotopic (exact) mass is 260 g/mol. The zero-order valence-electron chi connectivity index (χ0n) is 9.15. The highest BCUT2D eigenvalue weighted by Crippen LogP contribution is 2.22. The highest BCUT2D eigenvalue weighted by atomic mass is 32.1. The lowest BCUT2D eigenvalue weighted by Gasteiger charge is -1.88. The van der Waals surface area contributed by atoms with Crippen LogP contribution in [0.15, 0.2) is 28.5 Å². The van der Waals surface area contributed by atoms with E-state index in [1.165, 1.54) is 11.3 Å². The lowest BCUT2D eigenvalue weighted by Crippen LogP contribution is -1.94. The van der Waals surface area contributed by atoms with Gasteiger partial charge in [-0.05, 0) is 0 Å². The number of hydrogen-bond acceptors (Lipinski definition) is 8. The first-order valence-electron chi connectivity index (χ1n) is 5.12. The zero-order chi connectivity index (χ0) is 12.4. The largest absolute Gasteiger partial charge is 0.332 e. The second-order valence-corrected chi connectivity index (χ2v) is 4.29. The Morgan fingerprint density at radius 3 is 2.89 bits per heavy atom. The van der Waals surface area contributed by atoms with E-state index >= 15 is 0 Å². The Balaban J connectivity index is 1.94. The van der Waals surface area contributed by atoms with Gasteiger partial charge in [0.1, 0.15) is 16.4 Å². The Morgan fingerprint density at radius 2 is 2.17 bits per heavy atom. The number of nitrogens with zero attached hydrogens (tertiary/aromatic N) is 5. The van der Waals surface area contributed by atoms with Crippen LogP contribution in [0.25, 0.3) is 23.1 Å². The second kappa shape index (κ2) is 4.59. The maximum absolute atomic E-state index is 5.50. The zero-order valence-corrected chi connectivity index (χ0v) is 9.96. The summed E-state index contributed by atoms with van der Waals surface area (Å²) in [6.45, 7) is 0.399. The summed E-state index contributed by atoms with van der Waals surface area (Å²) in [5.74, 6) is 0.743. The van der Waals surface area contributed by atoms with Crippen LogP contribution in [-0.4, -0.2) is 25.1 Å². The Kier molecular flexibility index (Phi) is 2.79. The summed E-state index contributed by atoms with van der Waals surface area (Å²) in [5, 5.41) is 6.50. The fourth-order valence-electron chi connectivity index (χ4n) is 1.35. The minimum absolute atomic E-state index is 0.353. The predicted octanol–water partition coefficient (Wildman–Crippen LogP) is 1.11. The van der Waals surface area contributed by atoms with Gasteiger partial charge in [0.25, 0.3) is 5.89 Å². The van der Waals surface area contributed by atoms with Crippen molar-refractivity contribution in [1.82, 2.24) is 25.1 Å². The summed E-state index contributed by atoms with van der Waals surface area (Å²) in [4.78, 5) is 16.5. The van der Waals surface area contributed by atoms with Crippen LogP contribution in [0.2, 0.25) is 0 Å². The van der Waals surface area contributed by atoms with Gasteiger partial charge in [-0.3, -0.25) is 4.98 Å². The smallest absolute Gasteiger partial charge is 0.277 e. The molecule has 0 aliphatic carbocycles. The van der Waals surface area contributed by atoms with Gasteiger partial charge in [-0.25, -0.2) is 9.97 Å². The first kappa shape index (κ1) is 10.9. The van der Waals surface area contributed by atoms with Gasteiger partial charge in [0.2, 0.25) is 5.82 Å². The molecular weight excluding hydrogens is 252 g/mol. The summed E-state index contributed by atoms with van der Waals surface area (Å²) in [5.41, 5.74) is 6.69. The molecule has 0 aliphatic heterocycles. The summed E-state index contributed by atoms with van der Waals surface area (Å²) >= 11 is 1.46. The number of rotatable bonds is 3. The Morgan fingerprint density at radius 1 is 1.22 bits per heavy atom. The standard InChI is InChI=1S/C10H8N6OS/c11-3-8-14-7(5-18-8)10-15-9(16-17-10)6-4-12-1-2-13-6/h1-2,4-5H,3,11H2. The van der Waals surface area contributed by atoms with Crippen molar-refractivity contribution >= 4 is 11.3 Å². The first-order valence-corrected chi connectivity index (χ1v) is 5.99. The molecule has 8 heteroatoms. The third kappa shape index (κ3) is 1.98. The van der Waals surface area contributed by atoms with E-state index < -0.39 is 0 Å². The van der Waals surface area contributed by atoms with E-state index in [1.54, 1.807) is 18.6 Å². The lowest BCUT2D eigenvalue weighted by molar-refractivity contribution is 0.431. The summed E-state index contributed by atoms with van der Waals surface area (Å²) in [7, 11) is 0. The molecule has 0 bridgehead atoms. The van der Waals surface area contributed by atoms with E-state index in [-0.39, 0.29) is 0 Å². The van der Waals surface area contributed by atoms with Crippen LogP contribution in [0.3, 0.4) is 0 Å². The normalized spacial score (nSPS) is 10.7. The third-order valence-electron chi connectivity index (χ3n) is 2.16. The molecule has 3 rings (SSSR count). The van der Waals surface area contributed by atoms with E-state index in [2.05, 4.69) is 25.1 Å². The molecule has 3 aromatic heterocycles. The van der Waals surface area contributed by atoms with Gasteiger partial charge < -0.3 is 10.3 Å². The molecule has 0 spiro atoms. The SMILES string of the molecule is NCc1nc(-c2nc(-c3cnccn3)no2)cs1. The van der Waals surface area contributed by atoms with Gasteiger partial charge in [-0.2, -0.15) is 4.98 Å². The van der Waals surface area contributed by atoms with E-state index in [1.807, 2.05) is 5.38 Å². The Hall–Kier alpha value is -2.19. The molecule has 0 radical (unpaired) electrons. The van der Waals surface area contributed by atoms with Crippen LogP contribution >= 0.6 is 11.3 Å². The molecule has 3 aromatic rings. The van der Waals surface area contributed by atoms with E-state index in [4.69, 9.17) is 10.3 Å². The average molecular weight is 260 g/mol. The summed E-state index contributed by atoms with van der Waals surface area (Å²) in [6, 6.07) is 0. The summed E-state index contributed by atoms with van der Waals surface area (Å²) < 4.78 is 5.14. The maximum Gasteiger partial charge on any atom is 0.277 e. The molecule has 3 heterocycles. The van der Waals surface area contributed by atoms with Crippen molar-refractivity contribution in [3.63, 3.8) is 0 Å². The number of hydrogen-bond donors (Lipinski definition) is 1. The van der Waals surface area contributed by atoms with Crippen molar-refractivity contribution in [2.75, 3.05) is 0 Å². The van der Waals surface area contributed by atoms with E-state index in [9.17, 15) is 0 Å². The topological polar surface area (TPSA) is 104 Å². The van der Waals surface area contributed by atoms with E-state index in [0.29, 0.717) is 29.6 Å². The summed E-state index contributed by atoms with van der Waals surface area (Å²) in [6.07, 6.45) is 4.72. The molecule has 0 saturated carbocycles. The van der Waals surface area contributed by atoms with Gasteiger partial charge in [-0.1, -0.05) is 5.16 Å². The van der Waals surface area contributed by atoms with Crippen molar-refractivity contribution < 1.29 is 4.52 Å². The number of nitrogens with two attached hydrogens (primary N) is 1. The molecule has 18 heavy (non-hydrogen) atoms. The van der Waals surface area contributed by atoms with Crippen LogP contribution in [0, 0.1) is 0 Å². The van der Waals surface area contributed by atoms with Gasteiger partial charge in [-0.15, -0.1) is 11.3 Å². The highest BCUT2D eigenvalue weighted by Gasteiger charge is 2.14. The van der Waals surface area contributed by atoms with Crippen molar-refractivity contribution in [1.29, 1.82) is 0 Å². The highest BCUT2D eigenvalue weighted by molar-refractivity contribution is 7.09. The van der Waals surface area contributed by atoms with Crippen LogP contribution in [0.1, 0.15) is 5.01 Å². The molecule has 0 atom stereocenters. The quantitative estimate of drug-likeness (QED) is 0.752. The van der Waals surface area contributed by atoms with E-state index in [0.717, 1.165) is 5.01 Å². The third-order valence-corrected chi connectivity index (χ3v) is 3.03. The molecule has 0 amide bonds. The molecule has 0 aromatic carbocycles. The van der Waals surface area contributed by atoms with Crippen LogP contribution in [-0.2, 0) is 6.54 Å². The minimum atomic E-state index is 0.353. The van der Waals surface area contributed by atoms with Crippen LogP contribution in [0.5, 0.6) is 0 Å². The van der Waals surface area contributed by atoms with Gasteiger partial charge >= 0.3 is 0 Å². The molecule has 2 N–H and O–H groups in total. The van der Waals surface area contributed by atoms with Crippen molar-refractivity contribution in [3.8, 4) is 23.1 Å².